The minimum absolute atomic E-state index is 0.216. The van der Waals surface area contributed by atoms with Crippen LogP contribution in [0.2, 0.25) is 0 Å². The van der Waals surface area contributed by atoms with Crippen molar-refractivity contribution in [3.05, 3.63) is 70.7 Å². The van der Waals surface area contributed by atoms with Gasteiger partial charge < -0.3 is 14.7 Å². The maximum absolute atomic E-state index is 10.4. The van der Waals surface area contributed by atoms with E-state index in [2.05, 4.69) is 36.4 Å². The Morgan fingerprint density at radius 3 is 2.48 bits per heavy atom. The number of methoxy groups -OCH3 is 1. The smallest absolute Gasteiger partial charge is 0.135 e. The number of rotatable bonds is 7. The number of nitrogens with one attached hydrogen (secondary N) is 1. The van der Waals surface area contributed by atoms with E-state index in [9.17, 15) is 5.11 Å². The first-order chi connectivity index (χ1) is 14.2. The summed E-state index contributed by atoms with van der Waals surface area (Å²) in [5, 5.41) is 21.5. The summed E-state index contributed by atoms with van der Waals surface area (Å²) in [5.74, 6) is 0.548. The first-order valence-electron chi connectivity index (χ1n) is 9.54. The summed E-state index contributed by atoms with van der Waals surface area (Å²) < 4.78 is 5.08. The van der Waals surface area contributed by atoms with Crippen LogP contribution in [0.5, 0.6) is 0 Å². The van der Waals surface area contributed by atoms with Gasteiger partial charge in [-0.3, -0.25) is 5.41 Å². The molecule has 6 heteroatoms. The van der Waals surface area contributed by atoms with Gasteiger partial charge in [-0.05, 0) is 17.5 Å². The number of hydrogen-bond acceptors (Lipinski definition) is 5. The molecule has 0 aliphatic carbocycles. The van der Waals surface area contributed by atoms with E-state index in [1.165, 1.54) is 16.9 Å². The van der Waals surface area contributed by atoms with E-state index in [0.717, 1.165) is 23.2 Å². The monoisotopic (exact) mass is 405 g/mol. The molecule has 0 bridgehead atoms. The third kappa shape index (κ3) is 4.09. The van der Waals surface area contributed by atoms with Gasteiger partial charge in [0.15, 0.2) is 0 Å². The molecule has 2 heterocycles. The lowest BCUT2D eigenvalue weighted by atomic mass is 10.0. The van der Waals surface area contributed by atoms with Gasteiger partial charge in [-0.15, -0.1) is 11.3 Å². The summed E-state index contributed by atoms with van der Waals surface area (Å²) in [4.78, 5) is 6.57. The van der Waals surface area contributed by atoms with Gasteiger partial charge in [0.25, 0.3) is 0 Å². The van der Waals surface area contributed by atoms with Crippen molar-refractivity contribution in [2.45, 2.75) is 6.42 Å². The van der Waals surface area contributed by atoms with E-state index in [0.29, 0.717) is 36.1 Å². The minimum Gasteiger partial charge on any atom is -0.510 e. The van der Waals surface area contributed by atoms with E-state index < -0.39 is 0 Å². The van der Waals surface area contributed by atoms with Crippen molar-refractivity contribution in [3.8, 4) is 22.4 Å². The Hall–Kier alpha value is -2.96. The molecule has 0 saturated heterocycles. The molecule has 2 aromatic carbocycles. The Bertz CT molecular complexity index is 1030. The van der Waals surface area contributed by atoms with Crippen molar-refractivity contribution >= 4 is 22.7 Å². The lowest BCUT2D eigenvalue weighted by molar-refractivity contribution is 0.186. The van der Waals surface area contributed by atoms with Crippen molar-refractivity contribution in [1.29, 1.82) is 5.41 Å². The molecule has 0 saturated carbocycles. The Labute approximate surface area is 174 Å². The van der Waals surface area contributed by atoms with Gasteiger partial charge in [0, 0.05) is 31.2 Å². The van der Waals surface area contributed by atoms with Gasteiger partial charge in [0.1, 0.15) is 16.6 Å². The molecule has 29 heavy (non-hydrogen) atoms. The zero-order valence-corrected chi connectivity index (χ0v) is 17.1. The van der Waals surface area contributed by atoms with Crippen LogP contribution in [0.25, 0.3) is 28.0 Å². The van der Waals surface area contributed by atoms with Crippen molar-refractivity contribution in [1.82, 2.24) is 9.88 Å². The highest BCUT2D eigenvalue weighted by Gasteiger charge is 2.29. The molecule has 0 spiro atoms. The number of aromatic nitrogens is 1. The van der Waals surface area contributed by atoms with Gasteiger partial charge in [-0.2, -0.15) is 0 Å². The number of benzene rings is 2. The maximum atomic E-state index is 10.4. The number of hydrogen-bond donors (Lipinski definition) is 2. The number of amidine groups is 1. The van der Waals surface area contributed by atoms with E-state index >= 15 is 0 Å². The summed E-state index contributed by atoms with van der Waals surface area (Å²) >= 11 is 1.46. The van der Waals surface area contributed by atoms with Crippen LogP contribution >= 0.6 is 11.3 Å². The molecule has 0 radical (unpaired) electrons. The van der Waals surface area contributed by atoms with Crippen molar-refractivity contribution < 1.29 is 9.84 Å². The highest BCUT2D eigenvalue weighted by molar-refractivity contribution is 7.11. The Morgan fingerprint density at radius 1 is 1.07 bits per heavy atom. The average molecular weight is 406 g/mol. The van der Waals surface area contributed by atoms with Crippen LogP contribution in [0.4, 0.5) is 0 Å². The fourth-order valence-corrected chi connectivity index (χ4v) is 4.33. The average Bonchev–Trinajstić information content (AvgIpc) is 3.33. The topological polar surface area (TPSA) is 69.4 Å². The van der Waals surface area contributed by atoms with E-state index in [1.54, 1.807) is 7.11 Å². The van der Waals surface area contributed by atoms with Crippen LogP contribution in [0.15, 0.2) is 65.7 Å². The number of nitrogens with zero attached hydrogens (tertiary/aromatic N) is 2. The molecule has 0 fully saturated rings. The van der Waals surface area contributed by atoms with Gasteiger partial charge >= 0.3 is 0 Å². The number of ether oxygens (including phenoxy) is 1. The van der Waals surface area contributed by atoms with Crippen LogP contribution in [0.3, 0.4) is 0 Å². The Morgan fingerprint density at radius 2 is 1.76 bits per heavy atom. The summed E-state index contributed by atoms with van der Waals surface area (Å²) in [6.45, 7) is 1.68. The fourth-order valence-electron chi connectivity index (χ4n) is 3.43. The zero-order chi connectivity index (χ0) is 20.2. The van der Waals surface area contributed by atoms with Crippen molar-refractivity contribution in [3.63, 3.8) is 0 Å². The maximum Gasteiger partial charge on any atom is 0.135 e. The molecule has 1 aliphatic rings. The highest BCUT2D eigenvalue weighted by Crippen LogP contribution is 2.33. The molecule has 1 aromatic heterocycles. The molecule has 0 atom stereocenters. The second-order valence-corrected chi connectivity index (χ2v) is 7.78. The van der Waals surface area contributed by atoms with Crippen LogP contribution in [0, 0.1) is 5.41 Å². The molecular weight excluding hydrogens is 382 g/mol. The second kappa shape index (κ2) is 8.59. The third-order valence-electron chi connectivity index (χ3n) is 4.96. The molecular formula is C23H23N3O2S. The predicted octanol–water partition coefficient (Wildman–Crippen LogP) is 5.08. The SMILES string of the molecule is COCCCN1CC(O)=C(c2nc(-c3ccc(-c4ccccc4)cc3)cs2)C1=N. The van der Waals surface area contributed by atoms with Crippen molar-refractivity contribution in [2.24, 2.45) is 0 Å². The number of aliphatic hydroxyl groups excluding tert-OH is 1. The van der Waals surface area contributed by atoms with Crippen LogP contribution in [0.1, 0.15) is 11.4 Å². The normalized spacial score (nSPS) is 14.1. The summed E-state index contributed by atoms with van der Waals surface area (Å²) in [7, 11) is 1.67. The number of thiazole rings is 1. The van der Waals surface area contributed by atoms with Gasteiger partial charge in [-0.25, -0.2) is 4.98 Å². The van der Waals surface area contributed by atoms with Gasteiger partial charge in [0.05, 0.1) is 17.8 Å². The van der Waals surface area contributed by atoms with Crippen LogP contribution < -0.4 is 0 Å². The quantitative estimate of drug-likeness (QED) is 0.538. The lowest BCUT2D eigenvalue weighted by Gasteiger charge is -2.17. The standard InChI is InChI=1S/C23H23N3O2S/c1-28-13-5-12-26-14-20(27)21(22(26)24)23-25-19(15-29-23)18-10-8-17(9-11-18)16-6-3-2-4-7-16/h2-4,6-11,15,24,27H,5,12-14H2,1H3. The molecule has 2 N–H and O–H groups in total. The third-order valence-corrected chi connectivity index (χ3v) is 5.82. The van der Waals surface area contributed by atoms with E-state index in [1.807, 2.05) is 28.5 Å². The zero-order valence-electron chi connectivity index (χ0n) is 16.3. The molecule has 0 unspecified atom stereocenters. The fraction of sp³-hybridized carbons (Fsp3) is 0.217. The van der Waals surface area contributed by atoms with Gasteiger partial charge in [-0.1, -0.05) is 54.6 Å². The molecule has 148 valence electrons. The lowest BCUT2D eigenvalue weighted by Crippen LogP contribution is -2.28. The second-order valence-electron chi connectivity index (χ2n) is 6.92. The Balaban J connectivity index is 1.51. The Kier molecular flexibility index (Phi) is 5.74. The largest absolute Gasteiger partial charge is 0.510 e. The first kappa shape index (κ1) is 19.4. The van der Waals surface area contributed by atoms with E-state index in [4.69, 9.17) is 15.1 Å². The van der Waals surface area contributed by atoms with Crippen LogP contribution in [-0.4, -0.2) is 47.6 Å². The minimum atomic E-state index is 0.216. The summed E-state index contributed by atoms with van der Waals surface area (Å²) in [6, 6.07) is 18.6. The predicted molar refractivity (Wildman–Crippen MR) is 118 cm³/mol. The number of aliphatic hydroxyl groups is 1. The van der Waals surface area contributed by atoms with Gasteiger partial charge in [0.2, 0.25) is 0 Å². The first-order valence-corrected chi connectivity index (χ1v) is 10.4. The van der Waals surface area contributed by atoms with Crippen LogP contribution in [-0.2, 0) is 4.74 Å². The molecule has 0 amide bonds. The van der Waals surface area contributed by atoms with Crippen molar-refractivity contribution in [2.75, 3.05) is 26.8 Å². The molecule has 3 aromatic rings. The summed E-state index contributed by atoms with van der Waals surface area (Å²) in [6.07, 6.45) is 0.816. The molecule has 4 rings (SSSR count). The van der Waals surface area contributed by atoms with E-state index in [-0.39, 0.29) is 5.76 Å². The molecule has 5 nitrogen and oxygen atoms in total. The summed E-state index contributed by atoms with van der Waals surface area (Å²) in [5.41, 5.74) is 4.76. The molecule has 1 aliphatic heterocycles. The highest BCUT2D eigenvalue weighted by atomic mass is 32.1.